The standard InChI is InChI=1S/C12H17N3O2/c1-13-8-6-10(14-2)7-9-15-11(16)4-3-5-12(15)17/h6,8H,1,3-5,7,9H2,2H3/b8-6-,14-10+. The van der Waals surface area contributed by atoms with Crippen LogP contribution in [-0.4, -0.2) is 42.7 Å². The van der Waals surface area contributed by atoms with Gasteiger partial charge in [0.2, 0.25) is 11.8 Å². The van der Waals surface area contributed by atoms with Crippen LogP contribution in [0.4, 0.5) is 0 Å². The van der Waals surface area contributed by atoms with Crippen LogP contribution < -0.4 is 0 Å². The van der Waals surface area contributed by atoms with Gasteiger partial charge in [0.05, 0.1) is 0 Å². The maximum atomic E-state index is 11.5. The van der Waals surface area contributed by atoms with Crippen molar-refractivity contribution in [1.29, 1.82) is 0 Å². The first-order chi connectivity index (χ1) is 8.19. The fourth-order valence-corrected chi connectivity index (χ4v) is 1.68. The van der Waals surface area contributed by atoms with Gasteiger partial charge in [-0.3, -0.25) is 24.5 Å². The Bertz CT molecular complexity index is 356. The van der Waals surface area contributed by atoms with Crippen LogP contribution in [0.2, 0.25) is 0 Å². The number of likely N-dealkylation sites (tertiary alicyclic amines) is 1. The molecule has 1 heterocycles. The minimum Gasteiger partial charge on any atom is -0.293 e. The topological polar surface area (TPSA) is 62.1 Å². The number of amides is 2. The quantitative estimate of drug-likeness (QED) is 0.531. The number of nitrogens with zero attached hydrogens (tertiary/aromatic N) is 3. The number of carbonyl (C=O) groups is 2. The summed E-state index contributed by atoms with van der Waals surface area (Å²) < 4.78 is 0. The van der Waals surface area contributed by atoms with Crippen molar-refractivity contribution in [2.24, 2.45) is 9.98 Å². The molecule has 1 rings (SSSR count). The zero-order valence-corrected chi connectivity index (χ0v) is 10.1. The summed E-state index contributed by atoms with van der Waals surface area (Å²) in [4.78, 5) is 32.0. The number of hydrogen-bond acceptors (Lipinski definition) is 4. The van der Waals surface area contributed by atoms with E-state index in [9.17, 15) is 9.59 Å². The van der Waals surface area contributed by atoms with Crippen molar-refractivity contribution in [3.63, 3.8) is 0 Å². The zero-order valence-electron chi connectivity index (χ0n) is 10.1. The number of imide groups is 1. The molecule has 0 unspecified atom stereocenters. The molecule has 0 aromatic rings. The SMILES string of the molecule is C=N/C=C\C(CCN1C(=O)CCCC1=O)=N/C. The predicted octanol–water partition coefficient (Wildman–Crippen LogP) is 1.20. The molecule has 0 spiro atoms. The fourth-order valence-electron chi connectivity index (χ4n) is 1.68. The largest absolute Gasteiger partial charge is 0.293 e. The van der Waals surface area contributed by atoms with Gasteiger partial charge in [0, 0.05) is 44.8 Å². The molecule has 1 saturated heterocycles. The van der Waals surface area contributed by atoms with Crippen LogP contribution in [0.1, 0.15) is 25.7 Å². The highest BCUT2D eigenvalue weighted by molar-refractivity contribution is 5.99. The Balaban J connectivity index is 2.53. The third-order valence-corrected chi connectivity index (χ3v) is 2.63. The van der Waals surface area contributed by atoms with E-state index in [4.69, 9.17) is 0 Å². The highest BCUT2D eigenvalue weighted by Gasteiger charge is 2.25. The molecule has 0 aliphatic carbocycles. The van der Waals surface area contributed by atoms with E-state index in [0.717, 1.165) is 5.71 Å². The van der Waals surface area contributed by atoms with E-state index >= 15 is 0 Å². The molecule has 1 aliphatic heterocycles. The summed E-state index contributed by atoms with van der Waals surface area (Å²) in [7, 11) is 1.67. The smallest absolute Gasteiger partial charge is 0.229 e. The molecule has 0 saturated carbocycles. The maximum absolute atomic E-state index is 11.5. The van der Waals surface area contributed by atoms with E-state index in [0.29, 0.717) is 32.2 Å². The summed E-state index contributed by atoms with van der Waals surface area (Å²) in [5.74, 6) is -0.162. The molecule has 0 aromatic heterocycles. The molecular weight excluding hydrogens is 218 g/mol. The Morgan fingerprint density at radius 1 is 1.41 bits per heavy atom. The van der Waals surface area contributed by atoms with Gasteiger partial charge in [-0.05, 0) is 19.2 Å². The molecule has 1 fully saturated rings. The number of carbonyl (C=O) groups excluding carboxylic acids is 2. The lowest BCUT2D eigenvalue weighted by atomic mass is 10.1. The molecule has 17 heavy (non-hydrogen) atoms. The average molecular weight is 235 g/mol. The molecule has 0 N–H and O–H groups in total. The van der Waals surface area contributed by atoms with E-state index in [1.165, 1.54) is 4.90 Å². The van der Waals surface area contributed by atoms with Gasteiger partial charge in [-0.15, -0.1) is 0 Å². The second kappa shape index (κ2) is 6.73. The van der Waals surface area contributed by atoms with Gasteiger partial charge in [-0.2, -0.15) is 0 Å². The van der Waals surface area contributed by atoms with Crippen molar-refractivity contribution >= 4 is 24.2 Å². The summed E-state index contributed by atoms with van der Waals surface area (Å²) in [5, 5.41) is 0. The number of rotatable bonds is 5. The van der Waals surface area contributed by atoms with Crippen molar-refractivity contribution in [3.8, 4) is 0 Å². The molecular formula is C12H17N3O2. The van der Waals surface area contributed by atoms with Crippen LogP contribution in [0.15, 0.2) is 22.3 Å². The lowest BCUT2D eigenvalue weighted by Gasteiger charge is -2.24. The van der Waals surface area contributed by atoms with Gasteiger partial charge in [-0.1, -0.05) is 0 Å². The monoisotopic (exact) mass is 235 g/mol. The van der Waals surface area contributed by atoms with Crippen LogP contribution in [0.5, 0.6) is 0 Å². The van der Waals surface area contributed by atoms with Crippen molar-refractivity contribution in [1.82, 2.24) is 4.90 Å². The average Bonchev–Trinajstić information content (AvgIpc) is 2.32. The third-order valence-electron chi connectivity index (χ3n) is 2.63. The lowest BCUT2D eigenvalue weighted by Crippen LogP contribution is -2.41. The van der Waals surface area contributed by atoms with Gasteiger partial charge >= 0.3 is 0 Å². The van der Waals surface area contributed by atoms with Gasteiger partial charge in [-0.25, -0.2) is 0 Å². The molecule has 5 nitrogen and oxygen atoms in total. The maximum Gasteiger partial charge on any atom is 0.229 e. The Morgan fingerprint density at radius 2 is 2.06 bits per heavy atom. The lowest BCUT2D eigenvalue weighted by molar-refractivity contribution is -0.147. The van der Waals surface area contributed by atoms with Crippen LogP contribution >= 0.6 is 0 Å². The predicted molar refractivity (Wildman–Crippen MR) is 67.2 cm³/mol. The summed E-state index contributed by atoms with van der Waals surface area (Å²) >= 11 is 0. The molecule has 0 bridgehead atoms. The van der Waals surface area contributed by atoms with Gasteiger partial charge in [0.15, 0.2) is 0 Å². The van der Waals surface area contributed by atoms with Crippen LogP contribution in [0.3, 0.4) is 0 Å². The normalized spacial score (nSPS) is 17.9. The molecule has 92 valence electrons. The van der Waals surface area contributed by atoms with Gasteiger partial charge in [0.1, 0.15) is 0 Å². The molecule has 0 aromatic carbocycles. The number of hydrogen-bond donors (Lipinski definition) is 0. The van der Waals surface area contributed by atoms with E-state index in [-0.39, 0.29) is 11.8 Å². The van der Waals surface area contributed by atoms with E-state index < -0.39 is 0 Å². The van der Waals surface area contributed by atoms with Gasteiger partial charge < -0.3 is 0 Å². The Kier molecular flexibility index (Phi) is 5.26. The summed E-state index contributed by atoms with van der Waals surface area (Å²) in [6.45, 7) is 3.73. The van der Waals surface area contributed by atoms with Crippen molar-refractivity contribution < 1.29 is 9.59 Å². The summed E-state index contributed by atoms with van der Waals surface area (Å²) in [6, 6.07) is 0. The number of piperidine rings is 1. The van der Waals surface area contributed by atoms with E-state index in [1.807, 2.05) is 0 Å². The first kappa shape index (κ1) is 13.3. The molecule has 0 radical (unpaired) electrons. The van der Waals surface area contributed by atoms with Crippen LogP contribution in [0, 0.1) is 0 Å². The van der Waals surface area contributed by atoms with Crippen molar-refractivity contribution in [2.45, 2.75) is 25.7 Å². The summed E-state index contributed by atoms with van der Waals surface area (Å²) in [5.41, 5.74) is 0.795. The minimum absolute atomic E-state index is 0.0810. The van der Waals surface area contributed by atoms with E-state index in [2.05, 4.69) is 16.7 Å². The highest BCUT2D eigenvalue weighted by Crippen LogP contribution is 2.12. The second-order valence-electron chi connectivity index (χ2n) is 3.76. The van der Waals surface area contributed by atoms with E-state index in [1.54, 1.807) is 19.3 Å². The zero-order chi connectivity index (χ0) is 12.7. The molecule has 1 aliphatic rings. The highest BCUT2D eigenvalue weighted by atomic mass is 16.2. The van der Waals surface area contributed by atoms with Crippen molar-refractivity contribution in [3.05, 3.63) is 12.3 Å². The van der Waals surface area contributed by atoms with Crippen LogP contribution in [-0.2, 0) is 9.59 Å². The van der Waals surface area contributed by atoms with Crippen LogP contribution in [0.25, 0.3) is 0 Å². The van der Waals surface area contributed by atoms with Gasteiger partial charge in [0.25, 0.3) is 0 Å². The molecule has 2 amide bonds. The molecule has 5 heteroatoms. The van der Waals surface area contributed by atoms with Crippen molar-refractivity contribution in [2.75, 3.05) is 13.6 Å². The Hall–Kier alpha value is -1.78. The Morgan fingerprint density at radius 3 is 2.59 bits per heavy atom. The second-order valence-corrected chi connectivity index (χ2v) is 3.76. The Labute approximate surface area is 101 Å². The number of aliphatic imine (C=N–C) groups is 2. The number of allylic oxidation sites excluding steroid dienone is 1. The molecule has 0 atom stereocenters. The first-order valence-corrected chi connectivity index (χ1v) is 5.60. The fraction of sp³-hybridized carbons (Fsp3) is 0.500. The first-order valence-electron chi connectivity index (χ1n) is 5.60. The minimum atomic E-state index is -0.0810. The third kappa shape index (κ3) is 3.94. The summed E-state index contributed by atoms with van der Waals surface area (Å²) in [6.07, 6.45) is 5.43.